The molecule has 0 spiro atoms. The van der Waals surface area contributed by atoms with Crippen molar-refractivity contribution in [3.63, 3.8) is 0 Å². The van der Waals surface area contributed by atoms with E-state index in [0.717, 1.165) is 28.1 Å². The molecule has 1 aliphatic carbocycles. The Labute approximate surface area is 308 Å². The molecule has 3 heteroatoms. The van der Waals surface area contributed by atoms with E-state index in [0.29, 0.717) is 0 Å². The third-order valence-corrected chi connectivity index (χ3v) is 11.5. The van der Waals surface area contributed by atoms with Crippen LogP contribution in [0.25, 0.3) is 88.6 Å². The zero-order valence-electron chi connectivity index (χ0n) is 29.6. The zero-order valence-corrected chi connectivity index (χ0v) is 29.6. The highest BCUT2D eigenvalue weighted by Gasteiger charge is 2.36. The molecule has 8 aromatic carbocycles. The molecule has 0 N–H and O–H groups in total. The molecule has 0 aliphatic heterocycles. The van der Waals surface area contributed by atoms with Gasteiger partial charge in [-0.1, -0.05) is 129 Å². The molecular weight excluding hydrogens is 643 g/mol. The van der Waals surface area contributed by atoms with Crippen LogP contribution in [0.15, 0.2) is 176 Å². The van der Waals surface area contributed by atoms with Gasteiger partial charge in [-0.2, -0.15) is 0 Å². The van der Waals surface area contributed by atoms with E-state index in [1.807, 2.05) is 0 Å². The highest BCUT2D eigenvalue weighted by atomic mass is 15.1. The van der Waals surface area contributed by atoms with E-state index in [1.54, 1.807) is 0 Å². The predicted octanol–water partition coefficient (Wildman–Crippen LogP) is 12.9. The van der Waals surface area contributed by atoms with Crippen LogP contribution in [0.2, 0.25) is 0 Å². The number of para-hydroxylation sites is 4. The van der Waals surface area contributed by atoms with Crippen molar-refractivity contribution in [1.29, 1.82) is 0 Å². The molecular formula is C50H35N3. The lowest BCUT2D eigenvalue weighted by atomic mass is 9.81. The molecule has 2 heterocycles. The standard InChI is InChI=1S/C50H35N3/c1-50(2)43-29-36(33-20-22-34(23-21-33)49-51-45-17-9-11-19-47(45)53(49)37-14-4-3-5-15-37)25-27-39(43)41-31-48-42(30-44(41)50)40-16-8-10-18-46(40)52(48)38-26-24-32-12-6-7-13-35(32)28-38/h3-31H,1-2H3. The van der Waals surface area contributed by atoms with Gasteiger partial charge in [-0.15, -0.1) is 0 Å². The van der Waals surface area contributed by atoms with Gasteiger partial charge in [-0.25, -0.2) is 4.98 Å². The van der Waals surface area contributed by atoms with E-state index in [-0.39, 0.29) is 5.41 Å². The third kappa shape index (κ3) is 4.44. The smallest absolute Gasteiger partial charge is 0.145 e. The minimum atomic E-state index is -0.151. The first-order valence-corrected chi connectivity index (χ1v) is 18.4. The Balaban J connectivity index is 1.02. The second kappa shape index (κ2) is 11.1. The van der Waals surface area contributed by atoms with Crippen molar-refractivity contribution in [2.75, 3.05) is 0 Å². The SMILES string of the molecule is CC1(C)c2cc(-c3ccc(-c4nc5ccccc5n4-c4ccccc4)cc3)ccc2-c2cc3c(cc21)c1ccccc1n3-c1ccc2ccccc2c1. The minimum Gasteiger partial charge on any atom is -0.309 e. The quantitative estimate of drug-likeness (QED) is 0.182. The summed E-state index contributed by atoms with van der Waals surface area (Å²) in [6.07, 6.45) is 0. The summed E-state index contributed by atoms with van der Waals surface area (Å²) in [5, 5.41) is 5.09. The van der Waals surface area contributed by atoms with Crippen LogP contribution < -0.4 is 0 Å². The van der Waals surface area contributed by atoms with Gasteiger partial charge in [-0.05, 0) is 105 Å². The summed E-state index contributed by atoms with van der Waals surface area (Å²) in [4.78, 5) is 5.09. The van der Waals surface area contributed by atoms with Crippen molar-refractivity contribution in [2.45, 2.75) is 19.3 Å². The lowest BCUT2D eigenvalue weighted by molar-refractivity contribution is 0.661. The van der Waals surface area contributed by atoms with E-state index in [9.17, 15) is 0 Å². The Morgan fingerprint density at radius 3 is 1.94 bits per heavy atom. The maximum atomic E-state index is 5.09. The predicted molar refractivity (Wildman–Crippen MR) is 221 cm³/mol. The highest BCUT2D eigenvalue weighted by Crippen LogP contribution is 2.52. The average Bonchev–Trinajstić information content (AvgIpc) is 3.83. The third-order valence-electron chi connectivity index (χ3n) is 11.5. The van der Waals surface area contributed by atoms with Crippen LogP contribution in [0.4, 0.5) is 0 Å². The van der Waals surface area contributed by atoms with Crippen LogP contribution in [-0.4, -0.2) is 14.1 Å². The molecule has 3 nitrogen and oxygen atoms in total. The Bertz CT molecular complexity index is 3070. The Morgan fingerprint density at radius 2 is 1.09 bits per heavy atom. The van der Waals surface area contributed by atoms with Gasteiger partial charge >= 0.3 is 0 Å². The van der Waals surface area contributed by atoms with Gasteiger partial charge in [-0.3, -0.25) is 4.57 Å². The Kier molecular flexibility index (Phi) is 6.30. The molecule has 10 aromatic rings. The fourth-order valence-electron chi connectivity index (χ4n) is 8.84. The maximum Gasteiger partial charge on any atom is 0.145 e. The number of aromatic nitrogens is 3. The van der Waals surface area contributed by atoms with Crippen molar-refractivity contribution >= 4 is 43.6 Å². The van der Waals surface area contributed by atoms with E-state index >= 15 is 0 Å². The van der Waals surface area contributed by atoms with Crippen LogP contribution >= 0.6 is 0 Å². The lowest BCUT2D eigenvalue weighted by Gasteiger charge is -2.22. The summed E-state index contributed by atoms with van der Waals surface area (Å²) in [6.45, 7) is 4.76. The first-order chi connectivity index (χ1) is 26.0. The average molecular weight is 678 g/mol. The lowest BCUT2D eigenvalue weighted by Crippen LogP contribution is -2.15. The molecule has 0 atom stereocenters. The van der Waals surface area contributed by atoms with E-state index in [4.69, 9.17) is 4.98 Å². The van der Waals surface area contributed by atoms with Crippen molar-refractivity contribution < 1.29 is 0 Å². The molecule has 0 amide bonds. The van der Waals surface area contributed by atoms with E-state index in [1.165, 1.54) is 71.6 Å². The van der Waals surface area contributed by atoms with Crippen LogP contribution in [-0.2, 0) is 5.41 Å². The minimum absolute atomic E-state index is 0.151. The summed E-state index contributed by atoms with van der Waals surface area (Å²) in [5.74, 6) is 0.946. The molecule has 0 saturated heterocycles. The topological polar surface area (TPSA) is 22.8 Å². The van der Waals surface area contributed by atoms with Crippen molar-refractivity contribution in [2.24, 2.45) is 0 Å². The number of rotatable bonds is 4. The van der Waals surface area contributed by atoms with Gasteiger partial charge < -0.3 is 4.57 Å². The number of hydrogen-bond donors (Lipinski definition) is 0. The first kappa shape index (κ1) is 30.0. The summed E-state index contributed by atoms with van der Waals surface area (Å²) < 4.78 is 4.71. The second-order valence-corrected chi connectivity index (χ2v) is 14.9. The summed E-state index contributed by atoms with van der Waals surface area (Å²) in [5.41, 5.74) is 15.6. The largest absolute Gasteiger partial charge is 0.309 e. The van der Waals surface area contributed by atoms with Gasteiger partial charge in [0.25, 0.3) is 0 Å². The fraction of sp³-hybridized carbons (Fsp3) is 0.0600. The highest BCUT2D eigenvalue weighted by molar-refractivity contribution is 6.11. The maximum absolute atomic E-state index is 5.09. The van der Waals surface area contributed by atoms with Crippen LogP contribution in [0.3, 0.4) is 0 Å². The number of fused-ring (bicyclic) bond motifs is 8. The number of hydrogen-bond acceptors (Lipinski definition) is 1. The number of benzene rings is 8. The van der Waals surface area contributed by atoms with Crippen LogP contribution in [0.5, 0.6) is 0 Å². The zero-order chi connectivity index (χ0) is 35.3. The van der Waals surface area contributed by atoms with Crippen LogP contribution in [0, 0.1) is 0 Å². The fourth-order valence-corrected chi connectivity index (χ4v) is 8.84. The molecule has 0 radical (unpaired) electrons. The Morgan fingerprint density at radius 1 is 0.415 bits per heavy atom. The molecule has 250 valence electrons. The summed E-state index contributed by atoms with van der Waals surface area (Å²) in [7, 11) is 0. The van der Waals surface area contributed by atoms with Gasteiger partial charge in [0.15, 0.2) is 0 Å². The first-order valence-electron chi connectivity index (χ1n) is 18.4. The molecule has 0 unspecified atom stereocenters. The van der Waals surface area contributed by atoms with Gasteiger partial charge in [0, 0.05) is 33.1 Å². The molecule has 0 fully saturated rings. The van der Waals surface area contributed by atoms with E-state index < -0.39 is 0 Å². The molecule has 1 aliphatic rings. The molecule has 11 rings (SSSR count). The van der Waals surface area contributed by atoms with Gasteiger partial charge in [0.1, 0.15) is 5.82 Å². The molecule has 2 aromatic heterocycles. The van der Waals surface area contributed by atoms with Crippen molar-refractivity contribution in [1.82, 2.24) is 14.1 Å². The second-order valence-electron chi connectivity index (χ2n) is 14.9. The monoisotopic (exact) mass is 677 g/mol. The van der Waals surface area contributed by atoms with E-state index in [2.05, 4.69) is 199 Å². The van der Waals surface area contributed by atoms with Crippen molar-refractivity contribution in [3.05, 3.63) is 187 Å². The van der Waals surface area contributed by atoms with Crippen LogP contribution in [0.1, 0.15) is 25.0 Å². The molecule has 0 bridgehead atoms. The molecule has 53 heavy (non-hydrogen) atoms. The number of imidazole rings is 1. The summed E-state index contributed by atoms with van der Waals surface area (Å²) in [6, 6.07) is 64.0. The van der Waals surface area contributed by atoms with Gasteiger partial charge in [0.05, 0.1) is 22.1 Å². The van der Waals surface area contributed by atoms with Crippen molar-refractivity contribution in [3.8, 4) is 45.0 Å². The Hall–Kier alpha value is -6.71. The molecule has 0 saturated carbocycles. The normalized spacial score (nSPS) is 13.2. The van der Waals surface area contributed by atoms with Gasteiger partial charge in [0.2, 0.25) is 0 Å². The number of nitrogens with zero attached hydrogens (tertiary/aromatic N) is 3. The summed E-state index contributed by atoms with van der Waals surface area (Å²) >= 11 is 0.